The second kappa shape index (κ2) is 5.70. The SMILES string of the molecule is O=c1c2c3c(sc2ncn1/N=C/c1cccc(F)c1)CCCC3. The van der Waals surface area contributed by atoms with Crippen molar-refractivity contribution in [1.82, 2.24) is 9.66 Å². The molecule has 6 heteroatoms. The van der Waals surface area contributed by atoms with E-state index in [9.17, 15) is 9.18 Å². The predicted octanol–water partition coefficient (Wildman–Crippen LogP) is 3.36. The summed E-state index contributed by atoms with van der Waals surface area (Å²) < 4.78 is 14.4. The van der Waals surface area contributed by atoms with Gasteiger partial charge in [-0.2, -0.15) is 9.78 Å². The maximum absolute atomic E-state index is 13.2. The van der Waals surface area contributed by atoms with Crippen LogP contribution in [0.25, 0.3) is 10.2 Å². The minimum Gasteiger partial charge on any atom is -0.267 e. The van der Waals surface area contributed by atoms with Gasteiger partial charge in [-0.05, 0) is 48.9 Å². The zero-order valence-corrected chi connectivity index (χ0v) is 13.1. The van der Waals surface area contributed by atoms with Crippen LogP contribution in [0.15, 0.2) is 40.5 Å². The summed E-state index contributed by atoms with van der Waals surface area (Å²) in [5.74, 6) is -0.332. The summed E-state index contributed by atoms with van der Waals surface area (Å²) in [5.41, 5.74) is 1.59. The number of halogens is 1. The first-order valence-electron chi connectivity index (χ1n) is 7.54. The van der Waals surface area contributed by atoms with Crippen LogP contribution in [0.1, 0.15) is 28.8 Å². The van der Waals surface area contributed by atoms with Gasteiger partial charge in [0, 0.05) is 4.88 Å². The van der Waals surface area contributed by atoms with E-state index in [2.05, 4.69) is 10.1 Å². The molecule has 0 aliphatic heterocycles. The molecule has 1 aliphatic carbocycles. The van der Waals surface area contributed by atoms with Crippen LogP contribution in [0.2, 0.25) is 0 Å². The van der Waals surface area contributed by atoms with E-state index in [1.807, 2.05) is 0 Å². The van der Waals surface area contributed by atoms with Crippen LogP contribution in [0.3, 0.4) is 0 Å². The molecule has 0 bridgehead atoms. The lowest BCUT2D eigenvalue weighted by Gasteiger charge is -2.09. The maximum Gasteiger partial charge on any atom is 0.282 e. The first-order valence-corrected chi connectivity index (χ1v) is 8.36. The molecule has 4 rings (SSSR count). The van der Waals surface area contributed by atoms with Crippen LogP contribution >= 0.6 is 11.3 Å². The Morgan fingerprint density at radius 1 is 1.30 bits per heavy atom. The molecule has 0 saturated carbocycles. The van der Waals surface area contributed by atoms with Gasteiger partial charge in [0.15, 0.2) is 0 Å². The Morgan fingerprint density at radius 3 is 3.04 bits per heavy atom. The molecule has 1 aliphatic rings. The Kier molecular flexibility index (Phi) is 3.53. The van der Waals surface area contributed by atoms with Crippen molar-refractivity contribution in [2.75, 3.05) is 0 Å². The van der Waals surface area contributed by atoms with E-state index in [-0.39, 0.29) is 11.4 Å². The summed E-state index contributed by atoms with van der Waals surface area (Å²) in [6, 6.07) is 6.08. The summed E-state index contributed by atoms with van der Waals surface area (Å²) in [6.07, 6.45) is 7.15. The number of benzene rings is 1. The van der Waals surface area contributed by atoms with Crippen LogP contribution in [0.4, 0.5) is 4.39 Å². The molecule has 1 aromatic carbocycles. The second-order valence-corrected chi connectivity index (χ2v) is 6.67. The number of thiophene rings is 1. The van der Waals surface area contributed by atoms with Gasteiger partial charge in [0.2, 0.25) is 0 Å². The summed E-state index contributed by atoms with van der Waals surface area (Å²) in [5, 5.41) is 4.85. The number of hydrogen-bond donors (Lipinski definition) is 0. The molecule has 0 N–H and O–H groups in total. The van der Waals surface area contributed by atoms with Gasteiger partial charge < -0.3 is 0 Å². The van der Waals surface area contributed by atoms with E-state index in [0.717, 1.165) is 29.7 Å². The lowest BCUT2D eigenvalue weighted by Crippen LogP contribution is -2.18. The largest absolute Gasteiger partial charge is 0.282 e. The Hall–Kier alpha value is -2.34. The maximum atomic E-state index is 13.2. The molecule has 0 spiro atoms. The van der Waals surface area contributed by atoms with E-state index >= 15 is 0 Å². The van der Waals surface area contributed by atoms with Gasteiger partial charge in [-0.15, -0.1) is 11.3 Å². The molecule has 3 aromatic rings. The van der Waals surface area contributed by atoms with Crippen molar-refractivity contribution in [3.8, 4) is 0 Å². The smallest absolute Gasteiger partial charge is 0.267 e. The van der Waals surface area contributed by atoms with E-state index in [1.54, 1.807) is 23.5 Å². The van der Waals surface area contributed by atoms with Gasteiger partial charge >= 0.3 is 0 Å². The molecule has 0 radical (unpaired) electrons. The van der Waals surface area contributed by atoms with Gasteiger partial charge in [-0.1, -0.05) is 12.1 Å². The molecule has 0 fully saturated rings. The Bertz CT molecular complexity index is 974. The molecule has 2 heterocycles. The highest BCUT2D eigenvalue weighted by Crippen LogP contribution is 2.33. The quantitative estimate of drug-likeness (QED) is 0.678. The fraction of sp³-hybridized carbons (Fsp3) is 0.235. The second-order valence-electron chi connectivity index (χ2n) is 5.58. The summed E-state index contributed by atoms with van der Waals surface area (Å²) in [6.45, 7) is 0. The average molecular weight is 327 g/mol. The topological polar surface area (TPSA) is 47.2 Å². The molecular weight excluding hydrogens is 313 g/mol. The van der Waals surface area contributed by atoms with Crippen LogP contribution in [-0.4, -0.2) is 15.9 Å². The van der Waals surface area contributed by atoms with Crippen LogP contribution in [0.5, 0.6) is 0 Å². The standard InChI is InChI=1S/C17H14FN3OS/c18-12-5-3-4-11(8-12)9-20-21-10-19-16-15(17(21)22)13-6-1-2-7-14(13)23-16/h3-5,8-10H,1-2,6-7H2/b20-9+. The van der Waals surface area contributed by atoms with Crippen molar-refractivity contribution in [3.63, 3.8) is 0 Å². The predicted molar refractivity (Wildman–Crippen MR) is 89.9 cm³/mol. The first kappa shape index (κ1) is 14.3. The monoisotopic (exact) mass is 327 g/mol. The zero-order valence-electron chi connectivity index (χ0n) is 12.3. The highest BCUT2D eigenvalue weighted by molar-refractivity contribution is 7.18. The summed E-state index contributed by atoms with van der Waals surface area (Å²) >= 11 is 1.61. The van der Waals surface area contributed by atoms with E-state index in [0.29, 0.717) is 10.9 Å². The number of aromatic nitrogens is 2. The molecule has 0 atom stereocenters. The highest BCUT2D eigenvalue weighted by Gasteiger charge is 2.19. The molecule has 0 saturated heterocycles. The Labute approximate surface area is 135 Å². The van der Waals surface area contributed by atoms with Gasteiger partial charge in [0.05, 0.1) is 11.6 Å². The lowest BCUT2D eigenvalue weighted by molar-refractivity contribution is 0.627. The third-order valence-electron chi connectivity index (χ3n) is 4.04. The molecule has 2 aromatic heterocycles. The van der Waals surface area contributed by atoms with Crippen LogP contribution in [-0.2, 0) is 12.8 Å². The van der Waals surface area contributed by atoms with Crippen molar-refractivity contribution >= 4 is 27.8 Å². The highest BCUT2D eigenvalue weighted by atomic mass is 32.1. The van der Waals surface area contributed by atoms with Gasteiger partial charge in [0.1, 0.15) is 17.0 Å². The number of nitrogens with zero attached hydrogens (tertiary/aromatic N) is 3. The molecule has 0 unspecified atom stereocenters. The van der Waals surface area contributed by atoms with Crippen LogP contribution in [0, 0.1) is 5.82 Å². The normalized spacial score (nSPS) is 14.5. The van der Waals surface area contributed by atoms with Crippen LogP contribution < -0.4 is 5.56 Å². The minimum atomic E-state index is -0.332. The molecular formula is C17H14FN3OS. The van der Waals surface area contributed by atoms with Crippen molar-refractivity contribution in [3.05, 3.63) is 62.8 Å². The summed E-state index contributed by atoms with van der Waals surface area (Å²) in [4.78, 5) is 19.1. The lowest BCUT2D eigenvalue weighted by atomic mass is 9.97. The van der Waals surface area contributed by atoms with Crippen molar-refractivity contribution in [1.29, 1.82) is 0 Å². The van der Waals surface area contributed by atoms with Gasteiger partial charge in [-0.25, -0.2) is 9.37 Å². The number of fused-ring (bicyclic) bond motifs is 3. The van der Waals surface area contributed by atoms with Crippen molar-refractivity contribution in [2.24, 2.45) is 5.10 Å². The fourth-order valence-corrected chi connectivity index (χ4v) is 4.15. The molecule has 4 nitrogen and oxygen atoms in total. The number of hydrogen-bond acceptors (Lipinski definition) is 4. The number of aryl methyl sites for hydroxylation is 2. The van der Waals surface area contributed by atoms with E-state index in [4.69, 9.17) is 0 Å². The first-order chi connectivity index (χ1) is 11.2. The third kappa shape index (κ3) is 2.59. The van der Waals surface area contributed by atoms with Gasteiger partial charge in [-0.3, -0.25) is 4.79 Å². The van der Waals surface area contributed by atoms with E-state index < -0.39 is 0 Å². The molecule has 0 amide bonds. The zero-order chi connectivity index (χ0) is 15.8. The Balaban J connectivity index is 1.79. The van der Waals surface area contributed by atoms with Gasteiger partial charge in [0.25, 0.3) is 5.56 Å². The Morgan fingerprint density at radius 2 is 2.17 bits per heavy atom. The summed E-state index contributed by atoms with van der Waals surface area (Å²) in [7, 11) is 0. The van der Waals surface area contributed by atoms with Crippen molar-refractivity contribution < 1.29 is 4.39 Å². The number of rotatable bonds is 2. The molecule has 23 heavy (non-hydrogen) atoms. The third-order valence-corrected chi connectivity index (χ3v) is 5.24. The van der Waals surface area contributed by atoms with E-state index in [1.165, 1.54) is 40.6 Å². The fourth-order valence-electron chi connectivity index (χ4n) is 2.94. The minimum absolute atomic E-state index is 0.151. The molecule has 116 valence electrons. The van der Waals surface area contributed by atoms with Crippen molar-refractivity contribution in [2.45, 2.75) is 25.7 Å². The average Bonchev–Trinajstić information content (AvgIpc) is 2.93.